The second kappa shape index (κ2) is 12.5. The van der Waals surface area contributed by atoms with Crippen molar-refractivity contribution >= 4 is 32.9 Å². The largest absolute Gasteiger partial charge is 0.387 e. The van der Waals surface area contributed by atoms with Crippen molar-refractivity contribution in [2.24, 2.45) is 0 Å². The number of nitrogens with zero attached hydrogens (tertiary/aromatic N) is 4. The van der Waals surface area contributed by atoms with Gasteiger partial charge in [-0.25, -0.2) is 28.1 Å². The normalized spacial score (nSPS) is 20.7. The number of aliphatic hydroxyl groups is 2. The zero-order valence-electron chi connectivity index (χ0n) is 23.1. The van der Waals surface area contributed by atoms with Crippen molar-refractivity contribution in [3.05, 3.63) is 83.9 Å². The van der Waals surface area contributed by atoms with E-state index in [1.165, 1.54) is 10.9 Å². The molecule has 1 aliphatic heterocycles. The van der Waals surface area contributed by atoms with Gasteiger partial charge in [-0.15, -0.1) is 0 Å². The van der Waals surface area contributed by atoms with Gasteiger partial charge in [-0.2, -0.15) is 0 Å². The quantitative estimate of drug-likeness (QED) is 0.167. The number of aliphatic hydroxyl groups excluding tert-OH is 2. The van der Waals surface area contributed by atoms with E-state index < -0.39 is 40.5 Å². The molecule has 2 aromatic carbocycles. The first-order valence-corrected chi connectivity index (χ1v) is 15.4. The van der Waals surface area contributed by atoms with Crippen molar-refractivity contribution in [2.75, 3.05) is 24.7 Å². The summed E-state index contributed by atoms with van der Waals surface area (Å²) in [7, 11) is -3.55. The number of hydrogen-bond acceptors (Lipinski definition) is 10. The summed E-state index contributed by atoms with van der Waals surface area (Å²) in [4.78, 5) is 25.9. The van der Waals surface area contributed by atoms with E-state index in [0.29, 0.717) is 24.4 Å². The lowest BCUT2D eigenvalue weighted by Crippen LogP contribution is -2.42. The highest BCUT2D eigenvalue weighted by atomic mass is 32.2. The summed E-state index contributed by atoms with van der Waals surface area (Å²) >= 11 is 0. The minimum absolute atomic E-state index is 0.0509. The van der Waals surface area contributed by atoms with Crippen molar-refractivity contribution in [1.29, 1.82) is 0 Å². The maximum atomic E-state index is 12.4. The fourth-order valence-corrected chi connectivity index (χ4v) is 5.32. The van der Waals surface area contributed by atoms with Crippen LogP contribution in [-0.4, -0.2) is 81.7 Å². The van der Waals surface area contributed by atoms with Crippen molar-refractivity contribution in [3.8, 4) is 0 Å². The summed E-state index contributed by atoms with van der Waals surface area (Å²) < 4.78 is 33.2. The van der Waals surface area contributed by atoms with E-state index in [-0.39, 0.29) is 23.9 Å². The molecule has 5 N–H and O–H groups in total. The molecule has 5 rings (SSSR count). The first-order valence-electron chi connectivity index (χ1n) is 13.5. The minimum Gasteiger partial charge on any atom is -0.387 e. The van der Waals surface area contributed by atoms with Crippen LogP contribution < -0.4 is 15.4 Å². The number of nitrogens with one attached hydrogen (secondary N) is 3. The number of anilines is 1. The second-order valence-electron chi connectivity index (χ2n) is 9.98. The second-order valence-corrected chi connectivity index (χ2v) is 11.8. The van der Waals surface area contributed by atoms with Gasteiger partial charge in [-0.05, 0) is 18.1 Å². The predicted octanol–water partition coefficient (Wildman–Crippen LogP) is 0.875. The van der Waals surface area contributed by atoms with Crippen molar-refractivity contribution < 1.29 is 28.2 Å². The lowest BCUT2D eigenvalue weighted by atomic mass is 9.91. The summed E-state index contributed by atoms with van der Waals surface area (Å²) in [5, 5.41) is 27.3. The van der Waals surface area contributed by atoms with Gasteiger partial charge in [-0.3, -0.25) is 9.36 Å². The van der Waals surface area contributed by atoms with E-state index in [0.717, 1.165) is 17.4 Å². The minimum atomic E-state index is -3.55. The highest BCUT2D eigenvalue weighted by Crippen LogP contribution is 2.33. The molecule has 4 aromatic rings. The maximum Gasteiger partial charge on any atom is 0.252 e. The zero-order valence-corrected chi connectivity index (χ0v) is 23.9. The van der Waals surface area contributed by atoms with Crippen molar-refractivity contribution in [2.45, 2.75) is 43.9 Å². The molecule has 14 heteroatoms. The fraction of sp³-hybridized carbons (Fsp3) is 0.357. The predicted molar refractivity (Wildman–Crippen MR) is 155 cm³/mol. The smallest absolute Gasteiger partial charge is 0.252 e. The van der Waals surface area contributed by atoms with Gasteiger partial charge in [0, 0.05) is 19.0 Å². The number of rotatable bonds is 11. The molecule has 42 heavy (non-hydrogen) atoms. The summed E-state index contributed by atoms with van der Waals surface area (Å²) in [6, 6.07) is 20.0. The van der Waals surface area contributed by atoms with Gasteiger partial charge < -0.3 is 25.6 Å². The van der Waals surface area contributed by atoms with Gasteiger partial charge in [0.05, 0.1) is 19.1 Å². The van der Waals surface area contributed by atoms with Crippen LogP contribution in [0.3, 0.4) is 0 Å². The van der Waals surface area contributed by atoms with E-state index in [1.807, 2.05) is 60.7 Å². The van der Waals surface area contributed by atoms with E-state index in [1.54, 1.807) is 6.92 Å². The van der Waals surface area contributed by atoms with Gasteiger partial charge in [0.15, 0.2) is 29.3 Å². The van der Waals surface area contributed by atoms with Crippen LogP contribution in [0.25, 0.3) is 11.2 Å². The van der Waals surface area contributed by atoms with E-state index in [9.17, 15) is 23.4 Å². The number of amides is 1. The topological polar surface area (TPSA) is 181 Å². The lowest BCUT2D eigenvalue weighted by molar-refractivity contribution is -0.137. The molecule has 0 spiro atoms. The molecule has 1 fully saturated rings. The number of carbonyl (C=O) groups excluding carboxylic acids is 1. The molecule has 0 saturated carbocycles. The zero-order chi connectivity index (χ0) is 29.9. The Balaban J connectivity index is 1.51. The summed E-state index contributed by atoms with van der Waals surface area (Å²) in [6.45, 7) is 2.28. The molecule has 0 bridgehead atoms. The molecule has 222 valence electrons. The Morgan fingerprint density at radius 2 is 1.67 bits per heavy atom. The molecular weight excluding hydrogens is 562 g/mol. The summed E-state index contributed by atoms with van der Waals surface area (Å²) in [6.07, 6.45) is -3.01. The molecule has 3 heterocycles. The Labute approximate surface area is 243 Å². The number of imidazole rings is 1. The molecule has 2 aromatic heterocycles. The van der Waals surface area contributed by atoms with Crippen LogP contribution in [0.15, 0.2) is 67.0 Å². The monoisotopic (exact) mass is 595 g/mol. The Bertz CT molecular complexity index is 1600. The Kier molecular flexibility index (Phi) is 8.80. The van der Waals surface area contributed by atoms with Crippen LogP contribution in [0.5, 0.6) is 0 Å². The van der Waals surface area contributed by atoms with Gasteiger partial charge in [0.1, 0.15) is 18.0 Å². The third-order valence-electron chi connectivity index (χ3n) is 6.96. The maximum absolute atomic E-state index is 12.4. The average Bonchev–Trinajstić information content (AvgIpc) is 3.53. The number of ether oxygens (including phenoxy) is 1. The first-order chi connectivity index (χ1) is 20.2. The van der Waals surface area contributed by atoms with Crippen LogP contribution in [0.1, 0.15) is 36.0 Å². The fourth-order valence-electron chi connectivity index (χ4n) is 4.92. The highest BCUT2D eigenvalue weighted by Gasteiger charge is 2.47. The van der Waals surface area contributed by atoms with Crippen LogP contribution in [0, 0.1) is 0 Å². The van der Waals surface area contributed by atoms with Gasteiger partial charge >= 0.3 is 0 Å². The third-order valence-corrected chi connectivity index (χ3v) is 7.63. The number of hydrogen-bond donors (Lipinski definition) is 5. The molecule has 4 atom stereocenters. The molecule has 1 unspecified atom stereocenters. The molecule has 1 aliphatic rings. The molecule has 0 radical (unpaired) electrons. The molecule has 1 amide bonds. The molecule has 0 aliphatic carbocycles. The van der Waals surface area contributed by atoms with Crippen LogP contribution in [0.4, 0.5) is 5.82 Å². The van der Waals surface area contributed by atoms with Crippen LogP contribution in [0.2, 0.25) is 0 Å². The van der Waals surface area contributed by atoms with Crippen molar-refractivity contribution in [1.82, 2.24) is 29.6 Å². The number of fused-ring (bicyclic) bond motifs is 1. The summed E-state index contributed by atoms with van der Waals surface area (Å²) in [5.41, 5.74) is 2.73. The van der Waals surface area contributed by atoms with Crippen LogP contribution >= 0.6 is 0 Å². The SMILES string of the molecule is CCNC(=O)[C@H]1OC(n2cnc3c(NCC(c4ccccc4)c4ccccc4)nc(CNS(C)(=O)=O)nc32)[C@H](O)[C@@H]1O. The molecule has 13 nitrogen and oxygen atoms in total. The lowest BCUT2D eigenvalue weighted by Gasteiger charge is -2.20. The number of sulfonamides is 1. The van der Waals surface area contributed by atoms with E-state index >= 15 is 0 Å². The van der Waals surface area contributed by atoms with Crippen LogP contribution in [-0.2, 0) is 26.1 Å². The molecular formula is C28H33N7O6S. The van der Waals surface area contributed by atoms with E-state index in [2.05, 4.69) is 30.3 Å². The average molecular weight is 596 g/mol. The van der Waals surface area contributed by atoms with Gasteiger partial charge in [-0.1, -0.05) is 60.7 Å². The molecule has 1 saturated heterocycles. The highest BCUT2D eigenvalue weighted by molar-refractivity contribution is 7.88. The number of benzene rings is 2. The summed E-state index contributed by atoms with van der Waals surface area (Å²) in [5.74, 6) is -0.125. The van der Waals surface area contributed by atoms with Crippen molar-refractivity contribution in [3.63, 3.8) is 0 Å². The standard InChI is InChI=1S/C28H33N7O6S/c1-3-29-27(38)24-22(36)23(37)28(41-24)35-16-31-21-25(33-20(34-26(21)35)15-32-42(2,39)40)30-14-19(17-10-6-4-7-11-17)18-12-8-5-9-13-18/h4-13,16,19,22-24,28,32,36-37H,3,14-15H2,1-2H3,(H,29,38)(H,30,33,34)/t22-,23+,24-,28?/m0/s1. The number of aromatic nitrogens is 4. The van der Waals surface area contributed by atoms with E-state index in [4.69, 9.17) is 4.74 Å². The van der Waals surface area contributed by atoms with Gasteiger partial charge in [0.2, 0.25) is 10.0 Å². The first kappa shape index (κ1) is 29.5. The number of carbonyl (C=O) groups is 1. The third kappa shape index (κ3) is 6.42. The number of likely N-dealkylation sites (N-methyl/N-ethyl adjacent to an activating group) is 1. The Hall–Kier alpha value is -3.95. The Morgan fingerprint density at radius 1 is 1.02 bits per heavy atom. The van der Waals surface area contributed by atoms with Gasteiger partial charge in [0.25, 0.3) is 5.91 Å². The Morgan fingerprint density at radius 3 is 2.26 bits per heavy atom.